The lowest BCUT2D eigenvalue weighted by molar-refractivity contribution is -0.151. The van der Waals surface area contributed by atoms with Crippen LogP contribution in [-0.2, 0) is 9.53 Å². The Labute approximate surface area is 105 Å². The van der Waals surface area contributed by atoms with E-state index in [0.29, 0.717) is 12.0 Å². The van der Waals surface area contributed by atoms with E-state index in [9.17, 15) is 4.79 Å². The summed E-state index contributed by atoms with van der Waals surface area (Å²) < 4.78 is 4.99. The average molecular weight is 242 g/mol. The second-order valence-electron chi connectivity index (χ2n) is 5.63. The van der Waals surface area contributed by atoms with Crippen molar-refractivity contribution in [3.8, 4) is 0 Å². The molecular formula is C13H26N2O2. The van der Waals surface area contributed by atoms with E-state index in [-0.39, 0.29) is 5.97 Å². The highest BCUT2D eigenvalue weighted by Crippen LogP contribution is 2.27. The molecule has 2 unspecified atom stereocenters. The lowest BCUT2D eigenvalue weighted by Crippen LogP contribution is -2.61. The van der Waals surface area contributed by atoms with Crippen LogP contribution in [0.15, 0.2) is 0 Å². The van der Waals surface area contributed by atoms with E-state index in [1.54, 1.807) is 0 Å². The molecule has 0 aliphatic carbocycles. The zero-order valence-electron chi connectivity index (χ0n) is 11.7. The highest BCUT2D eigenvalue weighted by molar-refractivity contribution is 5.81. The minimum absolute atomic E-state index is 0.113. The van der Waals surface area contributed by atoms with Crippen molar-refractivity contribution in [2.45, 2.75) is 45.2 Å². The molecule has 17 heavy (non-hydrogen) atoms. The van der Waals surface area contributed by atoms with Gasteiger partial charge in [0.25, 0.3) is 0 Å². The van der Waals surface area contributed by atoms with Gasteiger partial charge in [0.05, 0.1) is 7.11 Å². The number of carbonyl (C=O) groups excluding carboxylic acids is 1. The van der Waals surface area contributed by atoms with Gasteiger partial charge in [-0.1, -0.05) is 13.8 Å². The zero-order valence-corrected chi connectivity index (χ0v) is 11.7. The van der Waals surface area contributed by atoms with Crippen LogP contribution in [0, 0.1) is 5.92 Å². The third-order valence-electron chi connectivity index (χ3n) is 3.71. The van der Waals surface area contributed by atoms with Crippen LogP contribution >= 0.6 is 0 Å². The minimum Gasteiger partial charge on any atom is -0.468 e. The van der Waals surface area contributed by atoms with Gasteiger partial charge in [-0.15, -0.1) is 0 Å². The van der Waals surface area contributed by atoms with Crippen LogP contribution in [-0.4, -0.2) is 49.7 Å². The van der Waals surface area contributed by atoms with Gasteiger partial charge in [0.2, 0.25) is 0 Å². The number of ether oxygens (including phenoxy) is 1. The van der Waals surface area contributed by atoms with Crippen molar-refractivity contribution in [2.24, 2.45) is 5.92 Å². The van der Waals surface area contributed by atoms with E-state index in [1.807, 2.05) is 0 Å². The van der Waals surface area contributed by atoms with Crippen LogP contribution in [0.1, 0.15) is 33.6 Å². The lowest BCUT2D eigenvalue weighted by atomic mass is 9.83. The molecule has 1 aliphatic rings. The normalized spacial score (nSPS) is 30.6. The summed E-state index contributed by atoms with van der Waals surface area (Å²) in [5.74, 6) is 0.421. The third kappa shape index (κ3) is 3.42. The first-order valence-corrected chi connectivity index (χ1v) is 6.45. The van der Waals surface area contributed by atoms with E-state index < -0.39 is 5.54 Å². The summed E-state index contributed by atoms with van der Waals surface area (Å²) in [6.07, 6.45) is 1.65. The summed E-state index contributed by atoms with van der Waals surface area (Å²) in [6, 6.07) is 0.405. The Kier molecular flexibility index (Phi) is 4.95. The van der Waals surface area contributed by atoms with Gasteiger partial charge < -0.3 is 15.0 Å². The second kappa shape index (κ2) is 5.83. The lowest BCUT2D eigenvalue weighted by Gasteiger charge is -2.43. The number of rotatable bonds is 4. The van der Waals surface area contributed by atoms with Gasteiger partial charge in [0.1, 0.15) is 5.54 Å². The predicted molar refractivity (Wildman–Crippen MR) is 68.9 cm³/mol. The van der Waals surface area contributed by atoms with E-state index in [0.717, 1.165) is 25.9 Å². The van der Waals surface area contributed by atoms with Crippen molar-refractivity contribution in [3.05, 3.63) is 0 Å². The molecule has 1 fully saturated rings. The van der Waals surface area contributed by atoms with Crippen LogP contribution < -0.4 is 5.32 Å². The van der Waals surface area contributed by atoms with Crippen LogP contribution in [0.2, 0.25) is 0 Å². The van der Waals surface area contributed by atoms with Crippen LogP contribution in [0.4, 0.5) is 0 Å². The second-order valence-corrected chi connectivity index (χ2v) is 5.63. The third-order valence-corrected chi connectivity index (χ3v) is 3.71. The molecule has 4 heteroatoms. The SMILES string of the molecule is COC(=O)C1(NCC(C)C)CCN(C)C(C)C1. The van der Waals surface area contributed by atoms with Crippen molar-refractivity contribution < 1.29 is 9.53 Å². The summed E-state index contributed by atoms with van der Waals surface area (Å²) in [4.78, 5) is 14.3. The Morgan fingerprint density at radius 1 is 1.59 bits per heavy atom. The monoisotopic (exact) mass is 242 g/mol. The number of likely N-dealkylation sites (tertiary alicyclic amines) is 1. The average Bonchev–Trinajstić information content (AvgIpc) is 2.30. The molecule has 0 aromatic carbocycles. The Morgan fingerprint density at radius 2 is 2.24 bits per heavy atom. The molecule has 1 heterocycles. The molecule has 1 rings (SSSR count). The maximum atomic E-state index is 12.1. The summed E-state index contributed by atoms with van der Waals surface area (Å²) >= 11 is 0. The topological polar surface area (TPSA) is 41.6 Å². The first kappa shape index (κ1) is 14.5. The zero-order chi connectivity index (χ0) is 13.1. The Bertz CT molecular complexity index is 268. The first-order valence-electron chi connectivity index (χ1n) is 6.45. The van der Waals surface area contributed by atoms with Crippen molar-refractivity contribution in [2.75, 3.05) is 27.2 Å². The molecule has 1 aliphatic heterocycles. The van der Waals surface area contributed by atoms with Crippen LogP contribution in [0.5, 0.6) is 0 Å². The van der Waals surface area contributed by atoms with Gasteiger partial charge in [0, 0.05) is 12.6 Å². The molecule has 4 nitrogen and oxygen atoms in total. The number of nitrogens with one attached hydrogen (secondary N) is 1. The fourth-order valence-electron chi connectivity index (χ4n) is 2.36. The van der Waals surface area contributed by atoms with Crippen molar-refractivity contribution in [3.63, 3.8) is 0 Å². The number of hydrogen-bond acceptors (Lipinski definition) is 4. The van der Waals surface area contributed by atoms with Crippen molar-refractivity contribution in [1.82, 2.24) is 10.2 Å². The molecule has 0 amide bonds. The number of carbonyl (C=O) groups is 1. The number of esters is 1. The van der Waals surface area contributed by atoms with Crippen LogP contribution in [0.3, 0.4) is 0 Å². The number of methoxy groups -OCH3 is 1. The molecule has 1 N–H and O–H groups in total. The summed E-state index contributed by atoms with van der Waals surface area (Å²) in [5.41, 5.74) is -0.481. The summed E-state index contributed by atoms with van der Waals surface area (Å²) in [6.45, 7) is 8.24. The number of piperidine rings is 1. The highest BCUT2D eigenvalue weighted by Gasteiger charge is 2.43. The molecule has 100 valence electrons. The van der Waals surface area contributed by atoms with Gasteiger partial charge in [-0.05, 0) is 39.3 Å². The fraction of sp³-hybridized carbons (Fsp3) is 0.923. The van der Waals surface area contributed by atoms with Crippen LogP contribution in [0.25, 0.3) is 0 Å². The summed E-state index contributed by atoms with van der Waals surface area (Å²) in [5, 5.41) is 3.43. The van der Waals surface area contributed by atoms with Gasteiger partial charge in [-0.2, -0.15) is 0 Å². The predicted octanol–water partition coefficient (Wildman–Crippen LogP) is 1.26. The van der Waals surface area contributed by atoms with E-state index in [4.69, 9.17) is 4.74 Å². The molecule has 0 radical (unpaired) electrons. The largest absolute Gasteiger partial charge is 0.468 e. The van der Waals surface area contributed by atoms with E-state index in [1.165, 1.54) is 7.11 Å². The molecular weight excluding hydrogens is 216 g/mol. The van der Waals surface area contributed by atoms with Gasteiger partial charge in [-0.25, -0.2) is 0 Å². The molecule has 0 bridgehead atoms. The Morgan fingerprint density at radius 3 is 2.71 bits per heavy atom. The maximum absolute atomic E-state index is 12.1. The number of hydrogen-bond donors (Lipinski definition) is 1. The fourth-order valence-corrected chi connectivity index (χ4v) is 2.36. The molecule has 1 saturated heterocycles. The van der Waals surface area contributed by atoms with Gasteiger partial charge in [0.15, 0.2) is 0 Å². The van der Waals surface area contributed by atoms with Crippen molar-refractivity contribution >= 4 is 5.97 Å². The quantitative estimate of drug-likeness (QED) is 0.754. The highest BCUT2D eigenvalue weighted by atomic mass is 16.5. The Hall–Kier alpha value is -0.610. The minimum atomic E-state index is -0.481. The first-order chi connectivity index (χ1) is 7.91. The number of nitrogens with zero attached hydrogens (tertiary/aromatic N) is 1. The van der Waals surface area contributed by atoms with Crippen molar-refractivity contribution in [1.29, 1.82) is 0 Å². The molecule has 0 saturated carbocycles. The molecule has 2 atom stereocenters. The van der Waals surface area contributed by atoms with E-state index >= 15 is 0 Å². The van der Waals surface area contributed by atoms with Gasteiger partial charge in [-0.3, -0.25) is 4.79 Å². The maximum Gasteiger partial charge on any atom is 0.326 e. The molecule has 0 aromatic heterocycles. The smallest absolute Gasteiger partial charge is 0.326 e. The Balaban J connectivity index is 2.76. The summed E-state index contributed by atoms with van der Waals surface area (Å²) in [7, 11) is 3.58. The van der Waals surface area contributed by atoms with E-state index in [2.05, 4.69) is 38.0 Å². The van der Waals surface area contributed by atoms with Gasteiger partial charge >= 0.3 is 5.97 Å². The molecule has 0 aromatic rings. The standard InChI is InChI=1S/C13H26N2O2/c1-10(2)9-14-13(12(16)17-5)6-7-15(4)11(3)8-13/h10-11,14H,6-9H2,1-5H3. The molecule has 0 spiro atoms.